The summed E-state index contributed by atoms with van der Waals surface area (Å²) in [6.45, 7) is 3.62. The highest BCUT2D eigenvalue weighted by atomic mass is 79.9. The van der Waals surface area contributed by atoms with Crippen LogP contribution in [0.3, 0.4) is 0 Å². The minimum Gasteiger partial charge on any atom is -0.478 e. The van der Waals surface area contributed by atoms with Crippen molar-refractivity contribution in [2.45, 2.75) is 19.9 Å². The third kappa shape index (κ3) is 4.95. The fourth-order valence-electron chi connectivity index (χ4n) is 3.08. The van der Waals surface area contributed by atoms with E-state index < -0.39 is 18.0 Å². The molecule has 8 heteroatoms. The predicted molar refractivity (Wildman–Crippen MR) is 122 cm³/mol. The molecule has 1 aliphatic rings. The van der Waals surface area contributed by atoms with Crippen LogP contribution in [0.5, 0.6) is 5.75 Å². The fourth-order valence-corrected chi connectivity index (χ4v) is 3.83. The quantitative estimate of drug-likeness (QED) is 0.252. The lowest BCUT2D eigenvalue weighted by molar-refractivity contribution is -0.133. The standard InChI is InChI=1S/C22H19BrN2O4S/c1-12-5-3-4-6-14(12)8-10-18(26)29-17-9-7-15(11-16(17)23)20-19(21(27)28)13(2)24-22(30)25-20/h3-11,20H,1-2H3,(H,27,28)(H2,24,25,30). The third-order valence-corrected chi connectivity index (χ3v) is 5.43. The zero-order valence-corrected chi connectivity index (χ0v) is 18.6. The van der Waals surface area contributed by atoms with Crippen LogP contribution in [0.2, 0.25) is 0 Å². The number of allylic oxidation sites excluding steroid dienone is 1. The van der Waals surface area contributed by atoms with Gasteiger partial charge < -0.3 is 20.5 Å². The number of carboxylic acids is 1. The Morgan fingerprint density at radius 2 is 1.93 bits per heavy atom. The largest absolute Gasteiger partial charge is 0.478 e. The van der Waals surface area contributed by atoms with Gasteiger partial charge in [-0.05, 0) is 76.9 Å². The summed E-state index contributed by atoms with van der Waals surface area (Å²) in [5, 5.41) is 15.7. The van der Waals surface area contributed by atoms with Gasteiger partial charge in [0, 0.05) is 11.8 Å². The van der Waals surface area contributed by atoms with E-state index in [0.29, 0.717) is 26.6 Å². The number of esters is 1. The Bertz CT molecular complexity index is 1090. The van der Waals surface area contributed by atoms with Gasteiger partial charge in [0.1, 0.15) is 5.75 Å². The number of carboxylic acid groups (broad SMARTS) is 1. The van der Waals surface area contributed by atoms with Crippen LogP contribution in [-0.2, 0) is 9.59 Å². The Hall–Kier alpha value is -2.97. The molecule has 0 saturated heterocycles. The number of nitrogens with one attached hydrogen (secondary N) is 2. The molecule has 0 saturated carbocycles. The number of ether oxygens (including phenoxy) is 1. The van der Waals surface area contributed by atoms with E-state index >= 15 is 0 Å². The normalized spacial score (nSPS) is 16.2. The fraction of sp³-hybridized carbons (Fsp3) is 0.136. The number of benzene rings is 2. The highest BCUT2D eigenvalue weighted by Gasteiger charge is 2.30. The molecule has 0 amide bonds. The molecule has 1 aliphatic heterocycles. The number of hydrogen-bond donors (Lipinski definition) is 3. The Morgan fingerprint density at radius 3 is 2.60 bits per heavy atom. The van der Waals surface area contributed by atoms with Gasteiger partial charge in [0.15, 0.2) is 5.11 Å². The van der Waals surface area contributed by atoms with Crippen LogP contribution >= 0.6 is 28.1 Å². The average molecular weight is 487 g/mol. The lowest BCUT2D eigenvalue weighted by Gasteiger charge is -2.29. The first-order valence-corrected chi connectivity index (χ1v) is 10.2. The molecule has 0 spiro atoms. The van der Waals surface area contributed by atoms with Gasteiger partial charge in [-0.25, -0.2) is 9.59 Å². The van der Waals surface area contributed by atoms with Gasteiger partial charge in [0.05, 0.1) is 16.1 Å². The summed E-state index contributed by atoms with van der Waals surface area (Å²) in [4.78, 5) is 23.9. The minimum absolute atomic E-state index is 0.168. The highest BCUT2D eigenvalue weighted by molar-refractivity contribution is 9.10. The van der Waals surface area contributed by atoms with Crippen molar-refractivity contribution in [1.29, 1.82) is 0 Å². The van der Waals surface area contributed by atoms with Crippen molar-refractivity contribution in [3.8, 4) is 5.75 Å². The molecule has 0 aliphatic carbocycles. The van der Waals surface area contributed by atoms with E-state index in [1.54, 1.807) is 31.2 Å². The van der Waals surface area contributed by atoms with Gasteiger partial charge in [-0.2, -0.15) is 0 Å². The van der Waals surface area contributed by atoms with Crippen molar-refractivity contribution in [2.24, 2.45) is 0 Å². The van der Waals surface area contributed by atoms with E-state index in [1.165, 1.54) is 6.08 Å². The molecule has 0 fully saturated rings. The van der Waals surface area contributed by atoms with E-state index in [2.05, 4.69) is 26.6 Å². The summed E-state index contributed by atoms with van der Waals surface area (Å²) in [6.07, 6.45) is 3.07. The molecule has 3 N–H and O–H groups in total. The molecule has 0 radical (unpaired) electrons. The number of aryl methyl sites for hydroxylation is 1. The van der Waals surface area contributed by atoms with E-state index in [1.807, 2.05) is 31.2 Å². The molecule has 0 aromatic heterocycles. The molecule has 3 rings (SSSR count). The van der Waals surface area contributed by atoms with Gasteiger partial charge in [-0.15, -0.1) is 0 Å². The molecule has 2 aromatic carbocycles. The Kier molecular flexibility index (Phi) is 6.69. The van der Waals surface area contributed by atoms with Crippen LogP contribution in [0.1, 0.15) is 29.7 Å². The molecular formula is C22H19BrN2O4S. The van der Waals surface area contributed by atoms with E-state index in [4.69, 9.17) is 17.0 Å². The van der Waals surface area contributed by atoms with Gasteiger partial charge in [-0.1, -0.05) is 30.3 Å². The summed E-state index contributed by atoms with van der Waals surface area (Å²) in [5.74, 6) is -1.24. The van der Waals surface area contributed by atoms with Gasteiger partial charge in [-0.3, -0.25) is 0 Å². The summed E-state index contributed by atoms with van der Waals surface area (Å²) in [7, 11) is 0. The van der Waals surface area contributed by atoms with Gasteiger partial charge in [0.2, 0.25) is 0 Å². The number of carbonyl (C=O) groups excluding carboxylic acids is 1. The summed E-state index contributed by atoms with van der Waals surface area (Å²) in [6, 6.07) is 12.1. The lowest BCUT2D eigenvalue weighted by Crippen LogP contribution is -2.44. The van der Waals surface area contributed by atoms with Crippen molar-refractivity contribution in [2.75, 3.05) is 0 Å². The molecular weight excluding hydrogens is 468 g/mol. The van der Waals surface area contributed by atoms with Crippen molar-refractivity contribution in [3.63, 3.8) is 0 Å². The van der Waals surface area contributed by atoms with E-state index in [-0.39, 0.29) is 5.57 Å². The van der Waals surface area contributed by atoms with Crippen LogP contribution < -0.4 is 15.4 Å². The topological polar surface area (TPSA) is 87.7 Å². The maximum Gasteiger partial charge on any atom is 0.336 e. The average Bonchev–Trinajstić information content (AvgIpc) is 2.68. The monoisotopic (exact) mass is 486 g/mol. The zero-order valence-electron chi connectivity index (χ0n) is 16.2. The van der Waals surface area contributed by atoms with Crippen LogP contribution in [0, 0.1) is 6.92 Å². The molecule has 2 aromatic rings. The first-order chi connectivity index (χ1) is 14.3. The minimum atomic E-state index is -1.05. The van der Waals surface area contributed by atoms with Crippen LogP contribution in [-0.4, -0.2) is 22.2 Å². The number of carbonyl (C=O) groups is 2. The first kappa shape index (κ1) is 21.7. The maximum atomic E-state index is 12.2. The lowest BCUT2D eigenvalue weighted by atomic mass is 9.96. The summed E-state index contributed by atoms with van der Waals surface area (Å²) >= 11 is 8.55. The van der Waals surface area contributed by atoms with Crippen molar-refractivity contribution in [1.82, 2.24) is 10.6 Å². The molecule has 1 unspecified atom stereocenters. The molecule has 30 heavy (non-hydrogen) atoms. The Morgan fingerprint density at radius 1 is 1.20 bits per heavy atom. The van der Waals surface area contributed by atoms with Crippen molar-refractivity contribution in [3.05, 3.63) is 81.0 Å². The Labute approximate surface area is 187 Å². The van der Waals surface area contributed by atoms with Gasteiger partial charge in [0.25, 0.3) is 0 Å². The molecule has 1 atom stereocenters. The second kappa shape index (κ2) is 9.23. The van der Waals surface area contributed by atoms with E-state index in [9.17, 15) is 14.7 Å². The molecule has 6 nitrogen and oxygen atoms in total. The number of aliphatic carboxylic acids is 1. The third-order valence-electron chi connectivity index (χ3n) is 4.59. The first-order valence-electron chi connectivity index (χ1n) is 9.03. The van der Waals surface area contributed by atoms with Crippen LogP contribution in [0.15, 0.2) is 64.3 Å². The summed E-state index contributed by atoms with van der Waals surface area (Å²) in [5.41, 5.74) is 3.29. The van der Waals surface area contributed by atoms with Crippen LogP contribution in [0.4, 0.5) is 0 Å². The highest BCUT2D eigenvalue weighted by Crippen LogP contribution is 2.33. The van der Waals surface area contributed by atoms with Crippen molar-refractivity contribution >= 4 is 51.3 Å². The summed E-state index contributed by atoms with van der Waals surface area (Å²) < 4.78 is 5.93. The van der Waals surface area contributed by atoms with Crippen molar-refractivity contribution < 1.29 is 19.4 Å². The predicted octanol–water partition coefficient (Wildman–Crippen LogP) is 4.25. The number of hydrogen-bond acceptors (Lipinski definition) is 4. The molecule has 1 heterocycles. The Balaban J connectivity index is 1.79. The SMILES string of the molecule is CC1=C(C(=O)O)C(c2ccc(OC(=O)C=Cc3ccccc3C)c(Br)c2)NC(=S)N1. The molecule has 0 bridgehead atoms. The van der Waals surface area contributed by atoms with E-state index in [0.717, 1.165) is 11.1 Å². The second-order valence-electron chi connectivity index (χ2n) is 6.68. The van der Waals surface area contributed by atoms with Crippen LogP contribution in [0.25, 0.3) is 6.08 Å². The zero-order chi connectivity index (χ0) is 21.8. The van der Waals surface area contributed by atoms with Gasteiger partial charge >= 0.3 is 11.9 Å². The number of rotatable bonds is 5. The smallest absolute Gasteiger partial charge is 0.336 e. The maximum absolute atomic E-state index is 12.2. The number of thiocarbonyl (C=S) groups is 1. The second-order valence-corrected chi connectivity index (χ2v) is 7.94. The molecule has 154 valence electrons. The number of halogens is 1.